The normalized spacial score (nSPS) is 13.1. The van der Waals surface area contributed by atoms with E-state index in [1.165, 1.54) is 0 Å². The molecule has 1 rings (SSSR count). The molecule has 0 radical (unpaired) electrons. The van der Waals surface area contributed by atoms with E-state index in [4.69, 9.17) is 9.15 Å². The minimum atomic E-state index is -0.600. The van der Waals surface area contributed by atoms with E-state index in [1.807, 2.05) is 26.0 Å². The van der Waals surface area contributed by atoms with Gasteiger partial charge in [-0.15, -0.1) is 0 Å². The largest absolute Gasteiger partial charge is 0.467 e. The third-order valence-corrected chi connectivity index (χ3v) is 2.52. The van der Waals surface area contributed by atoms with Crippen molar-refractivity contribution in [1.29, 1.82) is 0 Å². The number of carbonyl (C=O) groups is 1. The van der Waals surface area contributed by atoms with Gasteiger partial charge in [-0.25, -0.2) is 0 Å². The molecule has 106 valence electrons. The average molecular weight is 266 g/mol. The van der Waals surface area contributed by atoms with E-state index < -0.39 is 6.10 Å². The molecule has 1 unspecified atom stereocenters. The fraction of sp³-hybridized carbons (Fsp3) is 0.533. The number of furan rings is 1. The van der Waals surface area contributed by atoms with Crippen LogP contribution in [0, 0.1) is 0 Å². The summed E-state index contributed by atoms with van der Waals surface area (Å²) in [6.45, 7) is 3.68. The molecule has 1 heterocycles. The summed E-state index contributed by atoms with van der Waals surface area (Å²) in [4.78, 5) is 11.3. The standard InChI is InChI=1S/C15H22O4/c1-12(2)19-15(17)10-6-4-3-5-8-13(16)14-9-7-11-18-14/h3,5,7,9,11-13,16H,4,6,8,10H2,1-2H3. The molecule has 0 spiro atoms. The van der Waals surface area contributed by atoms with Gasteiger partial charge in [-0.2, -0.15) is 0 Å². The van der Waals surface area contributed by atoms with Gasteiger partial charge in [0.05, 0.1) is 12.4 Å². The highest BCUT2D eigenvalue weighted by Crippen LogP contribution is 2.17. The molecule has 0 aliphatic heterocycles. The molecule has 0 aromatic carbocycles. The van der Waals surface area contributed by atoms with E-state index in [9.17, 15) is 9.90 Å². The fourth-order valence-electron chi connectivity index (χ4n) is 1.63. The third-order valence-electron chi connectivity index (χ3n) is 2.52. The van der Waals surface area contributed by atoms with E-state index in [0.29, 0.717) is 18.6 Å². The Hall–Kier alpha value is -1.55. The minimum absolute atomic E-state index is 0.0496. The van der Waals surface area contributed by atoms with Crippen LogP contribution in [0.25, 0.3) is 0 Å². The van der Waals surface area contributed by atoms with Crippen molar-refractivity contribution < 1.29 is 19.1 Å². The predicted molar refractivity (Wildman–Crippen MR) is 72.5 cm³/mol. The van der Waals surface area contributed by atoms with Crippen molar-refractivity contribution in [3.05, 3.63) is 36.3 Å². The molecule has 0 saturated carbocycles. The van der Waals surface area contributed by atoms with Crippen molar-refractivity contribution in [3.8, 4) is 0 Å². The minimum Gasteiger partial charge on any atom is -0.467 e. The topological polar surface area (TPSA) is 59.7 Å². The van der Waals surface area contributed by atoms with Crippen molar-refractivity contribution in [3.63, 3.8) is 0 Å². The van der Waals surface area contributed by atoms with Crippen LogP contribution in [0.1, 0.15) is 51.4 Å². The number of allylic oxidation sites excluding steroid dienone is 1. The van der Waals surface area contributed by atoms with Gasteiger partial charge in [0.2, 0.25) is 0 Å². The van der Waals surface area contributed by atoms with Gasteiger partial charge in [-0.1, -0.05) is 12.2 Å². The molecule has 4 heteroatoms. The molecule has 0 bridgehead atoms. The van der Waals surface area contributed by atoms with Crippen LogP contribution in [0.2, 0.25) is 0 Å². The number of unbranched alkanes of at least 4 members (excludes halogenated alkanes) is 1. The maximum absolute atomic E-state index is 11.3. The lowest BCUT2D eigenvalue weighted by atomic mass is 10.1. The van der Waals surface area contributed by atoms with Gasteiger partial charge in [-0.05, 0) is 45.2 Å². The lowest BCUT2D eigenvalue weighted by Crippen LogP contribution is -2.10. The first-order valence-corrected chi connectivity index (χ1v) is 6.65. The second-order valence-electron chi connectivity index (χ2n) is 4.67. The molecule has 0 saturated heterocycles. The van der Waals surface area contributed by atoms with Gasteiger partial charge < -0.3 is 14.3 Å². The van der Waals surface area contributed by atoms with Gasteiger partial charge in [0.15, 0.2) is 0 Å². The van der Waals surface area contributed by atoms with E-state index in [0.717, 1.165) is 12.8 Å². The summed E-state index contributed by atoms with van der Waals surface area (Å²) >= 11 is 0. The van der Waals surface area contributed by atoms with Gasteiger partial charge >= 0.3 is 5.97 Å². The number of esters is 1. The Morgan fingerprint density at radius 1 is 1.47 bits per heavy atom. The van der Waals surface area contributed by atoms with E-state index >= 15 is 0 Å². The molecule has 1 atom stereocenters. The monoisotopic (exact) mass is 266 g/mol. The van der Waals surface area contributed by atoms with Crippen molar-refractivity contribution in [2.45, 2.75) is 51.7 Å². The Kier molecular flexibility index (Phi) is 6.97. The Morgan fingerprint density at radius 2 is 2.26 bits per heavy atom. The number of ether oxygens (including phenoxy) is 1. The zero-order chi connectivity index (χ0) is 14.1. The zero-order valence-corrected chi connectivity index (χ0v) is 11.5. The molecule has 1 N–H and O–H groups in total. The summed E-state index contributed by atoms with van der Waals surface area (Å²) in [6, 6.07) is 3.50. The Bertz CT molecular complexity index is 379. The van der Waals surface area contributed by atoms with Crippen LogP contribution in [-0.2, 0) is 9.53 Å². The number of hydrogen-bond acceptors (Lipinski definition) is 4. The fourth-order valence-corrected chi connectivity index (χ4v) is 1.63. The first-order chi connectivity index (χ1) is 9.09. The summed E-state index contributed by atoms with van der Waals surface area (Å²) < 4.78 is 10.1. The number of carbonyl (C=O) groups excluding carboxylic acids is 1. The molecular weight excluding hydrogens is 244 g/mol. The van der Waals surface area contributed by atoms with Crippen LogP contribution in [0.15, 0.2) is 35.0 Å². The van der Waals surface area contributed by atoms with Gasteiger partial charge in [0.25, 0.3) is 0 Å². The van der Waals surface area contributed by atoms with Crippen molar-refractivity contribution in [2.24, 2.45) is 0 Å². The number of hydrogen-bond donors (Lipinski definition) is 1. The van der Waals surface area contributed by atoms with Crippen LogP contribution in [0.5, 0.6) is 0 Å². The summed E-state index contributed by atoms with van der Waals surface area (Å²) in [5.74, 6) is 0.421. The van der Waals surface area contributed by atoms with Crippen LogP contribution in [0.3, 0.4) is 0 Å². The first kappa shape index (κ1) is 15.5. The second kappa shape index (κ2) is 8.53. The smallest absolute Gasteiger partial charge is 0.306 e. The molecule has 0 aliphatic carbocycles. The Morgan fingerprint density at radius 3 is 2.89 bits per heavy atom. The van der Waals surface area contributed by atoms with Crippen molar-refractivity contribution >= 4 is 5.97 Å². The van der Waals surface area contributed by atoms with Gasteiger partial charge in [-0.3, -0.25) is 4.79 Å². The average Bonchev–Trinajstić information content (AvgIpc) is 2.86. The summed E-state index contributed by atoms with van der Waals surface area (Å²) in [5, 5.41) is 9.73. The molecule has 0 aliphatic rings. The highest BCUT2D eigenvalue weighted by Gasteiger charge is 2.07. The van der Waals surface area contributed by atoms with Crippen LogP contribution < -0.4 is 0 Å². The third kappa shape index (κ3) is 6.82. The number of aliphatic hydroxyl groups is 1. The van der Waals surface area contributed by atoms with E-state index in [-0.39, 0.29) is 12.1 Å². The Balaban J connectivity index is 2.09. The van der Waals surface area contributed by atoms with Gasteiger partial charge in [0, 0.05) is 6.42 Å². The lowest BCUT2D eigenvalue weighted by molar-refractivity contribution is -0.147. The molecule has 0 amide bonds. The molecule has 1 aromatic heterocycles. The predicted octanol–water partition coefficient (Wildman–Crippen LogP) is 3.38. The van der Waals surface area contributed by atoms with Crippen molar-refractivity contribution in [1.82, 2.24) is 0 Å². The summed E-state index contributed by atoms with van der Waals surface area (Å²) in [7, 11) is 0. The molecule has 19 heavy (non-hydrogen) atoms. The Labute approximate surface area is 114 Å². The first-order valence-electron chi connectivity index (χ1n) is 6.65. The molecule has 0 fully saturated rings. The molecule has 1 aromatic rings. The van der Waals surface area contributed by atoms with Gasteiger partial charge in [0.1, 0.15) is 11.9 Å². The molecule has 4 nitrogen and oxygen atoms in total. The summed E-state index contributed by atoms with van der Waals surface area (Å²) in [5.41, 5.74) is 0. The van der Waals surface area contributed by atoms with Crippen LogP contribution in [0.4, 0.5) is 0 Å². The SMILES string of the molecule is CC(C)OC(=O)CCCC=CCC(O)c1ccco1. The van der Waals surface area contributed by atoms with Crippen LogP contribution in [-0.4, -0.2) is 17.2 Å². The maximum Gasteiger partial charge on any atom is 0.306 e. The van der Waals surface area contributed by atoms with E-state index in [2.05, 4.69) is 0 Å². The van der Waals surface area contributed by atoms with Crippen LogP contribution >= 0.6 is 0 Å². The lowest BCUT2D eigenvalue weighted by Gasteiger charge is -2.06. The maximum atomic E-state index is 11.3. The highest BCUT2D eigenvalue weighted by atomic mass is 16.5. The highest BCUT2D eigenvalue weighted by molar-refractivity contribution is 5.69. The van der Waals surface area contributed by atoms with E-state index in [1.54, 1.807) is 18.4 Å². The van der Waals surface area contributed by atoms with Crippen molar-refractivity contribution in [2.75, 3.05) is 0 Å². The number of rotatable bonds is 8. The summed E-state index contributed by atoms with van der Waals surface area (Å²) in [6.07, 6.45) is 7.28. The molecular formula is C15H22O4. The number of aliphatic hydroxyl groups excluding tert-OH is 1. The second-order valence-corrected chi connectivity index (χ2v) is 4.67. The quantitative estimate of drug-likeness (QED) is 0.445. The zero-order valence-electron chi connectivity index (χ0n) is 11.5.